The average molecular weight is 240 g/mol. The first-order chi connectivity index (χ1) is 5.49. The first-order valence-corrected chi connectivity index (χ1v) is 3.70. The molecule has 12 heavy (non-hydrogen) atoms. The standard InChI is InChI=1S/C7H3BrF3O/c8-5-3-1-2-4-6(5)12-7(9,10)11/h1-2,4H. The molecule has 1 rings (SSSR count). The Hall–Kier alpha value is -0.710. The minimum Gasteiger partial charge on any atom is -0.405 e. The van der Waals surface area contributed by atoms with E-state index in [-0.39, 0.29) is 10.2 Å². The van der Waals surface area contributed by atoms with Gasteiger partial charge in [-0.15, -0.1) is 13.2 Å². The summed E-state index contributed by atoms with van der Waals surface area (Å²) in [5.41, 5.74) is 0. The van der Waals surface area contributed by atoms with Gasteiger partial charge in [0.25, 0.3) is 0 Å². The fraction of sp³-hybridized carbons (Fsp3) is 0.143. The summed E-state index contributed by atoms with van der Waals surface area (Å²) >= 11 is 2.87. The van der Waals surface area contributed by atoms with Crippen molar-refractivity contribution in [3.63, 3.8) is 0 Å². The van der Waals surface area contributed by atoms with E-state index in [2.05, 4.69) is 26.7 Å². The van der Waals surface area contributed by atoms with E-state index in [1.54, 1.807) is 0 Å². The van der Waals surface area contributed by atoms with Gasteiger partial charge in [-0.2, -0.15) is 0 Å². The molecule has 0 fully saturated rings. The van der Waals surface area contributed by atoms with Crippen molar-refractivity contribution in [2.24, 2.45) is 0 Å². The van der Waals surface area contributed by atoms with E-state index in [4.69, 9.17) is 0 Å². The van der Waals surface area contributed by atoms with Crippen molar-refractivity contribution >= 4 is 15.9 Å². The highest BCUT2D eigenvalue weighted by atomic mass is 79.9. The molecule has 0 aliphatic carbocycles. The predicted octanol–water partition coefficient (Wildman–Crippen LogP) is 3.15. The van der Waals surface area contributed by atoms with Gasteiger partial charge in [-0.05, 0) is 22.0 Å². The molecule has 0 aliphatic rings. The molecule has 0 aromatic heterocycles. The normalized spacial score (nSPS) is 11.3. The lowest BCUT2D eigenvalue weighted by Crippen LogP contribution is -2.17. The molecule has 1 radical (unpaired) electrons. The Morgan fingerprint density at radius 3 is 2.58 bits per heavy atom. The van der Waals surface area contributed by atoms with Crippen molar-refractivity contribution in [3.05, 3.63) is 28.7 Å². The van der Waals surface area contributed by atoms with Crippen LogP contribution in [-0.4, -0.2) is 6.36 Å². The summed E-state index contributed by atoms with van der Waals surface area (Å²) in [7, 11) is 0. The molecule has 0 N–H and O–H groups in total. The minimum atomic E-state index is -4.66. The second-order valence-electron chi connectivity index (χ2n) is 1.90. The Balaban J connectivity index is 2.83. The van der Waals surface area contributed by atoms with Crippen LogP contribution < -0.4 is 4.74 Å². The third-order valence-electron chi connectivity index (χ3n) is 0.996. The summed E-state index contributed by atoms with van der Waals surface area (Å²) < 4.78 is 38.8. The zero-order valence-electron chi connectivity index (χ0n) is 5.65. The number of alkyl halides is 3. The highest BCUT2D eigenvalue weighted by Crippen LogP contribution is 2.29. The minimum absolute atomic E-state index is 0.155. The van der Waals surface area contributed by atoms with Crippen molar-refractivity contribution in [1.82, 2.24) is 0 Å². The van der Waals surface area contributed by atoms with E-state index in [1.807, 2.05) is 0 Å². The van der Waals surface area contributed by atoms with E-state index in [1.165, 1.54) is 18.2 Å². The summed E-state index contributed by atoms with van der Waals surface area (Å²) in [6.07, 6.45) is -4.66. The van der Waals surface area contributed by atoms with E-state index < -0.39 is 6.36 Å². The van der Waals surface area contributed by atoms with Gasteiger partial charge in [-0.25, -0.2) is 0 Å². The van der Waals surface area contributed by atoms with Crippen molar-refractivity contribution < 1.29 is 17.9 Å². The smallest absolute Gasteiger partial charge is 0.405 e. The molecule has 1 aromatic rings. The quantitative estimate of drug-likeness (QED) is 0.732. The molecule has 0 atom stereocenters. The number of halogens is 4. The van der Waals surface area contributed by atoms with Gasteiger partial charge in [0.1, 0.15) is 5.75 Å². The molecule has 0 aliphatic heterocycles. The van der Waals surface area contributed by atoms with Crippen molar-refractivity contribution in [2.45, 2.75) is 6.36 Å². The Morgan fingerprint density at radius 1 is 1.42 bits per heavy atom. The van der Waals surface area contributed by atoms with E-state index in [9.17, 15) is 13.2 Å². The van der Waals surface area contributed by atoms with Crippen LogP contribution in [0.3, 0.4) is 0 Å². The van der Waals surface area contributed by atoms with Crippen LogP contribution in [0.2, 0.25) is 0 Å². The fourth-order valence-electron chi connectivity index (χ4n) is 0.605. The van der Waals surface area contributed by atoms with Gasteiger partial charge in [-0.1, -0.05) is 12.1 Å². The van der Waals surface area contributed by atoms with Crippen LogP contribution in [0.4, 0.5) is 13.2 Å². The number of rotatable bonds is 1. The lowest BCUT2D eigenvalue weighted by molar-refractivity contribution is -0.274. The predicted molar refractivity (Wildman–Crippen MR) is 39.7 cm³/mol. The molecular weight excluding hydrogens is 237 g/mol. The van der Waals surface area contributed by atoms with Crippen LogP contribution in [0.5, 0.6) is 5.75 Å². The van der Waals surface area contributed by atoms with E-state index >= 15 is 0 Å². The highest BCUT2D eigenvalue weighted by molar-refractivity contribution is 9.10. The third kappa shape index (κ3) is 2.73. The number of ether oxygens (including phenoxy) is 1. The molecule has 0 heterocycles. The van der Waals surface area contributed by atoms with E-state index in [0.717, 1.165) is 0 Å². The first kappa shape index (κ1) is 9.38. The summed E-state index contributed by atoms with van der Waals surface area (Å²) in [6.45, 7) is 0. The molecule has 0 amide bonds. The highest BCUT2D eigenvalue weighted by Gasteiger charge is 2.31. The molecule has 0 spiro atoms. The van der Waals surface area contributed by atoms with Crippen LogP contribution in [0, 0.1) is 6.07 Å². The lowest BCUT2D eigenvalue weighted by Gasteiger charge is -2.09. The van der Waals surface area contributed by atoms with Crippen LogP contribution in [-0.2, 0) is 0 Å². The molecule has 0 unspecified atom stereocenters. The fourth-order valence-corrected chi connectivity index (χ4v) is 0.950. The Morgan fingerprint density at radius 2 is 2.08 bits per heavy atom. The van der Waals surface area contributed by atoms with Crippen LogP contribution >= 0.6 is 15.9 Å². The zero-order valence-corrected chi connectivity index (χ0v) is 7.24. The Kier molecular flexibility index (Phi) is 2.62. The molecule has 0 bridgehead atoms. The van der Waals surface area contributed by atoms with E-state index in [0.29, 0.717) is 0 Å². The molecule has 65 valence electrons. The third-order valence-corrected chi connectivity index (χ3v) is 1.62. The van der Waals surface area contributed by atoms with Crippen LogP contribution in [0.25, 0.3) is 0 Å². The Bertz CT molecular complexity index is 272. The number of hydrogen-bond acceptors (Lipinski definition) is 1. The van der Waals surface area contributed by atoms with Crippen molar-refractivity contribution in [2.75, 3.05) is 0 Å². The first-order valence-electron chi connectivity index (χ1n) is 2.91. The zero-order chi connectivity index (χ0) is 9.19. The maximum atomic E-state index is 11.7. The van der Waals surface area contributed by atoms with Crippen LogP contribution in [0.1, 0.15) is 0 Å². The monoisotopic (exact) mass is 239 g/mol. The SMILES string of the molecule is FC(F)(F)Oc1ccc[c]c1Br. The molecular formula is C7H3BrF3O. The molecule has 1 aromatic carbocycles. The summed E-state index contributed by atoms with van der Waals surface area (Å²) in [4.78, 5) is 0. The van der Waals surface area contributed by atoms with Gasteiger partial charge < -0.3 is 4.74 Å². The molecule has 0 saturated heterocycles. The molecule has 0 saturated carbocycles. The Labute approximate surface area is 75.3 Å². The molecule has 5 heteroatoms. The van der Waals surface area contributed by atoms with Gasteiger partial charge in [0, 0.05) is 6.07 Å². The van der Waals surface area contributed by atoms with Gasteiger partial charge >= 0.3 is 6.36 Å². The number of benzene rings is 1. The lowest BCUT2D eigenvalue weighted by atomic mass is 10.3. The average Bonchev–Trinajstić information content (AvgIpc) is 1.91. The van der Waals surface area contributed by atoms with Gasteiger partial charge in [0.05, 0.1) is 4.47 Å². The second kappa shape index (κ2) is 3.35. The largest absolute Gasteiger partial charge is 0.573 e. The second-order valence-corrected chi connectivity index (χ2v) is 2.69. The molecule has 1 nitrogen and oxygen atoms in total. The van der Waals surface area contributed by atoms with Gasteiger partial charge in [0.2, 0.25) is 0 Å². The maximum absolute atomic E-state index is 11.7. The van der Waals surface area contributed by atoms with Crippen molar-refractivity contribution in [1.29, 1.82) is 0 Å². The van der Waals surface area contributed by atoms with Crippen molar-refractivity contribution in [3.8, 4) is 5.75 Å². The topological polar surface area (TPSA) is 9.23 Å². The number of hydrogen-bond donors (Lipinski definition) is 0. The van der Waals surface area contributed by atoms with Crippen LogP contribution in [0.15, 0.2) is 22.7 Å². The summed E-state index contributed by atoms with van der Waals surface area (Å²) in [5.74, 6) is -0.287. The summed E-state index contributed by atoms with van der Waals surface area (Å²) in [5, 5.41) is 0. The van der Waals surface area contributed by atoms with Gasteiger partial charge in [-0.3, -0.25) is 0 Å². The maximum Gasteiger partial charge on any atom is 0.573 e. The summed E-state index contributed by atoms with van der Waals surface area (Å²) in [6, 6.07) is 6.60. The van der Waals surface area contributed by atoms with Gasteiger partial charge in [0.15, 0.2) is 0 Å².